The van der Waals surface area contributed by atoms with Crippen LogP contribution in [0, 0.1) is 5.92 Å². The van der Waals surface area contributed by atoms with Crippen molar-refractivity contribution in [3.63, 3.8) is 0 Å². The van der Waals surface area contributed by atoms with Crippen molar-refractivity contribution < 1.29 is 0 Å². The van der Waals surface area contributed by atoms with E-state index in [0.717, 1.165) is 24.7 Å². The monoisotopic (exact) mass is 340 g/mol. The molecule has 1 aliphatic heterocycles. The van der Waals surface area contributed by atoms with Crippen LogP contribution in [0.1, 0.15) is 40.5 Å². The number of hydrogen-bond acceptors (Lipinski definition) is 6. The average Bonchev–Trinajstić information content (AvgIpc) is 2.55. The van der Waals surface area contributed by atoms with Crippen LogP contribution in [-0.2, 0) is 0 Å². The first kappa shape index (κ1) is 17.5. The number of piperidine rings is 1. The Balaban J connectivity index is 1.64. The van der Waals surface area contributed by atoms with Crippen LogP contribution in [0.25, 0.3) is 0 Å². The van der Waals surface area contributed by atoms with Gasteiger partial charge in [0.1, 0.15) is 0 Å². The summed E-state index contributed by atoms with van der Waals surface area (Å²) in [6, 6.07) is 8.52. The van der Waals surface area contributed by atoms with E-state index in [1.165, 1.54) is 18.5 Å². The molecule has 0 unspecified atom stereocenters. The van der Waals surface area contributed by atoms with Crippen molar-refractivity contribution in [2.75, 3.05) is 28.6 Å². The largest absolute Gasteiger partial charge is 0.372 e. The number of benzene rings is 1. The minimum absolute atomic E-state index is 0.103. The SMILES string of the molecule is CC1CCN(c2ccc(Nc3cnnc(NC(C)(C)C)n3)cc2)CC1. The highest BCUT2D eigenvalue weighted by molar-refractivity contribution is 5.61. The lowest BCUT2D eigenvalue weighted by molar-refractivity contribution is 0.438. The summed E-state index contributed by atoms with van der Waals surface area (Å²) in [5, 5.41) is 14.6. The van der Waals surface area contributed by atoms with Crippen LogP contribution < -0.4 is 15.5 Å². The molecule has 2 N–H and O–H groups in total. The molecule has 1 fully saturated rings. The lowest BCUT2D eigenvalue weighted by Gasteiger charge is -2.32. The van der Waals surface area contributed by atoms with Crippen LogP contribution in [0.3, 0.4) is 0 Å². The zero-order chi connectivity index (χ0) is 17.9. The Morgan fingerprint density at radius 3 is 2.40 bits per heavy atom. The Kier molecular flexibility index (Phi) is 5.06. The molecule has 134 valence electrons. The Morgan fingerprint density at radius 1 is 1.08 bits per heavy atom. The van der Waals surface area contributed by atoms with E-state index >= 15 is 0 Å². The van der Waals surface area contributed by atoms with E-state index in [-0.39, 0.29) is 5.54 Å². The second-order valence-corrected chi connectivity index (χ2v) is 7.88. The predicted molar refractivity (Wildman–Crippen MR) is 104 cm³/mol. The quantitative estimate of drug-likeness (QED) is 0.875. The number of hydrogen-bond donors (Lipinski definition) is 2. The van der Waals surface area contributed by atoms with Gasteiger partial charge < -0.3 is 15.5 Å². The van der Waals surface area contributed by atoms with Crippen LogP contribution in [0.15, 0.2) is 30.5 Å². The molecule has 6 nitrogen and oxygen atoms in total. The molecule has 6 heteroatoms. The van der Waals surface area contributed by atoms with Crippen molar-refractivity contribution in [3.8, 4) is 0 Å². The van der Waals surface area contributed by atoms with E-state index in [1.807, 2.05) is 0 Å². The van der Waals surface area contributed by atoms with E-state index in [9.17, 15) is 0 Å². The van der Waals surface area contributed by atoms with Gasteiger partial charge in [-0.15, -0.1) is 5.10 Å². The summed E-state index contributed by atoms with van der Waals surface area (Å²) in [7, 11) is 0. The van der Waals surface area contributed by atoms with Crippen molar-refractivity contribution in [2.24, 2.45) is 5.92 Å². The summed E-state index contributed by atoms with van der Waals surface area (Å²) in [4.78, 5) is 6.93. The Hall–Kier alpha value is -2.37. The maximum absolute atomic E-state index is 4.47. The van der Waals surface area contributed by atoms with Gasteiger partial charge >= 0.3 is 0 Å². The number of aromatic nitrogens is 3. The van der Waals surface area contributed by atoms with Gasteiger partial charge in [-0.25, -0.2) is 0 Å². The number of nitrogens with one attached hydrogen (secondary N) is 2. The van der Waals surface area contributed by atoms with Crippen LogP contribution in [0.2, 0.25) is 0 Å². The first-order valence-corrected chi connectivity index (χ1v) is 8.99. The molecule has 3 rings (SSSR count). The predicted octanol–water partition coefficient (Wildman–Crippen LogP) is 4.06. The summed E-state index contributed by atoms with van der Waals surface area (Å²) in [6.07, 6.45) is 4.18. The van der Waals surface area contributed by atoms with Gasteiger partial charge in [-0.2, -0.15) is 10.1 Å². The van der Waals surface area contributed by atoms with Gasteiger partial charge in [0.25, 0.3) is 0 Å². The Morgan fingerprint density at radius 2 is 1.76 bits per heavy atom. The Bertz CT molecular complexity index is 684. The third-order valence-corrected chi connectivity index (χ3v) is 4.33. The van der Waals surface area contributed by atoms with Gasteiger partial charge in [0.15, 0.2) is 5.82 Å². The molecule has 0 atom stereocenters. The second-order valence-electron chi connectivity index (χ2n) is 7.88. The van der Waals surface area contributed by atoms with Gasteiger partial charge in [0.2, 0.25) is 5.95 Å². The van der Waals surface area contributed by atoms with Crippen molar-refractivity contribution >= 4 is 23.1 Å². The van der Waals surface area contributed by atoms with E-state index in [2.05, 4.69) is 82.7 Å². The van der Waals surface area contributed by atoms with Crippen molar-refractivity contribution in [2.45, 2.75) is 46.1 Å². The fourth-order valence-electron chi connectivity index (χ4n) is 2.92. The van der Waals surface area contributed by atoms with E-state index in [1.54, 1.807) is 6.20 Å². The Labute approximate surface area is 150 Å². The molecule has 25 heavy (non-hydrogen) atoms. The highest BCUT2D eigenvalue weighted by Gasteiger charge is 2.16. The molecule has 0 saturated carbocycles. The molecule has 0 spiro atoms. The van der Waals surface area contributed by atoms with Crippen molar-refractivity contribution in [1.82, 2.24) is 15.2 Å². The van der Waals surface area contributed by atoms with E-state index < -0.39 is 0 Å². The number of nitrogens with zero attached hydrogens (tertiary/aromatic N) is 4. The molecule has 1 aromatic carbocycles. The van der Waals surface area contributed by atoms with E-state index in [4.69, 9.17) is 0 Å². The molecule has 2 heterocycles. The third-order valence-electron chi connectivity index (χ3n) is 4.33. The number of rotatable bonds is 4. The summed E-state index contributed by atoms with van der Waals surface area (Å²) >= 11 is 0. The van der Waals surface area contributed by atoms with Crippen LogP contribution in [0.4, 0.5) is 23.1 Å². The third kappa shape index (κ3) is 5.05. The smallest absolute Gasteiger partial charge is 0.245 e. The molecule has 0 amide bonds. The normalized spacial score (nSPS) is 15.9. The summed E-state index contributed by atoms with van der Waals surface area (Å²) in [5.41, 5.74) is 2.18. The molecular formula is C19H28N6. The van der Waals surface area contributed by atoms with Crippen LogP contribution in [-0.4, -0.2) is 33.8 Å². The first-order valence-electron chi connectivity index (χ1n) is 8.99. The van der Waals surface area contributed by atoms with Crippen LogP contribution in [0.5, 0.6) is 0 Å². The van der Waals surface area contributed by atoms with Gasteiger partial charge in [-0.05, 0) is 63.8 Å². The molecule has 0 aliphatic carbocycles. The summed E-state index contributed by atoms with van der Waals surface area (Å²) < 4.78 is 0. The zero-order valence-electron chi connectivity index (χ0n) is 15.6. The zero-order valence-corrected chi connectivity index (χ0v) is 15.6. The van der Waals surface area contributed by atoms with Crippen LogP contribution >= 0.6 is 0 Å². The minimum atomic E-state index is -0.103. The molecule has 1 aliphatic rings. The average molecular weight is 340 g/mol. The molecule has 0 radical (unpaired) electrons. The maximum atomic E-state index is 4.47. The van der Waals surface area contributed by atoms with Gasteiger partial charge in [0, 0.05) is 30.0 Å². The van der Waals surface area contributed by atoms with Gasteiger partial charge in [-0.1, -0.05) is 6.92 Å². The summed E-state index contributed by atoms with van der Waals surface area (Å²) in [5.74, 6) is 2.05. The van der Waals surface area contributed by atoms with Gasteiger partial charge in [-0.3, -0.25) is 0 Å². The molecule has 1 saturated heterocycles. The number of anilines is 4. The molecular weight excluding hydrogens is 312 g/mol. The molecule has 1 aromatic heterocycles. The molecule has 0 bridgehead atoms. The van der Waals surface area contributed by atoms with Crippen molar-refractivity contribution in [3.05, 3.63) is 30.5 Å². The minimum Gasteiger partial charge on any atom is -0.372 e. The van der Waals surface area contributed by atoms with Crippen molar-refractivity contribution in [1.29, 1.82) is 0 Å². The standard InChI is InChI=1S/C19H28N6/c1-14-9-11-25(12-10-14)16-7-5-15(6-8-16)21-17-13-20-24-18(22-17)23-19(2,3)4/h5-8,13-14H,9-12H2,1-4H3,(H2,21,22,23,24). The summed E-state index contributed by atoms with van der Waals surface area (Å²) in [6.45, 7) is 10.8. The second kappa shape index (κ2) is 7.25. The fraction of sp³-hybridized carbons (Fsp3) is 0.526. The maximum Gasteiger partial charge on any atom is 0.245 e. The molecule has 2 aromatic rings. The fourth-order valence-corrected chi connectivity index (χ4v) is 2.92. The highest BCUT2D eigenvalue weighted by Crippen LogP contribution is 2.25. The topological polar surface area (TPSA) is 66.0 Å². The lowest BCUT2D eigenvalue weighted by Crippen LogP contribution is -2.32. The highest BCUT2D eigenvalue weighted by atomic mass is 15.3. The first-order chi connectivity index (χ1) is 11.9. The van der Waals surface area contributed by atoms with E-state index in [0.29, 0.717) is 11.8 Å². The van der Waals surface area contributed by atoms with Gasteiger partial charge in [0.05, 0.1) is 6.20 Å². The lowest BCUT2D eigenvalue weighted by atomic mass is 9.99.